The molecule has 24 heavy (non-hydrogen) atoms. The molecule has 0 saturated heterocycles. The van der Waals surface area contributed by atoms with Crippen molar-refractivity contribution in [3.63, 3.8) is 0 Å². The number of hydrogen-bond donors (Lipinski definition) is 2. The molecule has 0 saturated carbocycles. The summed E-state index contributed by atoms with van der Waals surface area (Å²) < 4.78 is 10.4. The molecule has 6 nitrogen and oxygen atoms in total. The van der Waals surface area contributed by atoms with E-state index in [-0.39, 0.29) is 18.4 Å². The van der Waals surface area contributed by atoms with Crippen LogP contribution in [0.2, 0.25) is 0 Å². The van der Waals surface area contributed by atoms with Gasteiger partial charge in [0.2, 0.25) is 11.8 Å². The van der Waals surface area contributed by atoms with Crippen LogP contribution in [0.3, 0.4) is 0 Å². The number of benzene rings is 1. The Balaban J connectivity index is 1.70. The summed E-state index contributed by atoms with van der Waals surface area (Å²) in [6.45, 7) is 2.74. The molecule has 6 heteroatoms. The summed E-state index contributed by atoms with van der Waals surface area (Å²) in [5.41, 5.74) is 0.871. The summed E-state index contributed by atoms with van der Waals surface area (Å²) in [5.74, 6) is 0.823. The third kappa shape index (κ3) is 6.00. The van der Waals surface area contributed by atoms with E-state index in [2.05, 4.69) is 10.6 Å². The standard InChI is InChI=1S/C18H20N2O4/c1-2-23-15-8-5-14(6-9-15)7-10-17(21)20-13-18(22)19-12-16-4-3-11-24-16/h3-11H,2,12-13H2,1H3,(H,19,22)(H,20,21)/b10-7+. The molecule has 0 spiro atoms. The van der Waals surface area contributed by atoms with Crippen LogP contribution < -0.4 is 15.4 Å². The fourth-order valence-corrected chi connectivity index (χ4v) is 1.90. The van der Waals surface area contributed by atoms with E-state index in [1.165, 1.54) is 12.3 Å². The van der Waals surface area contributed by atoms with Gasteiger partial charge in [-0.05, 0) is 42.8 Å². The second-order valence-corrected chi connectivity index (χ2v) is 4.91. The van der Waals surface area contributed by atoms with E-state index in [1.54, 1.807) is 18.2 Å². The van der Waals surface area contributed by atoms with Gasteiger partial charge in [0.1, 0.15) is 11.5 Å². The average Bonchev–Trinajstić information content (AvgIpc) is 3.11. The lowest BCUT2D eigenvalue weighted by Crippen LogP contribution is -2.35. The van der Waals surface area contributed by atoms with Gasteiger partial charge in [-0.25, -0.2) is 0 Å². The lowest BCUT2D eigenvalue weighted by atomic mass is 10.2. The Kier molecular flexibility index (Phi) is 6.64. The summed E-state index contributed by atoms with van der Waals surface area (Å²) in [6, 6.07) is 10.9. The molecule has 0 aliphatic heterocycles. The van der Waals surface area contributed by atoms with Crippen molar-refractivity contribution < 1.29 is 18.7 Å². The maximum Gasteiger partial charge on any atom is 0.244 e. The Hall–Kier alpha value is -3.02. The van der Waals surface area contributed by atoms with E-state index >= 15 is 0 Å². The molecule has 126 valence electrons. The molecule has 2 N–H and O–H groups in total. The van der Waals surface area contributed by atoms with Gasteiger partial charge >= 0.3 is 0 Å². The van der Waals surface area contributed by atoms with Gasteiger partial charge in [0.05, 0.1) is 26.0 Å². The fourth-order valence-electron chi connectivity index (χ4n) is 1.90. The van der Waals surface area contributed by atoms with Crippen molar-refractivity contribution in [2.75, 3.05) is 13.2 Å². The molecular formula is C18H20N2O4. The number of ether oxygens (including phenoxy) is 1. The Labute approximate surface area is 140 Å². The Morgan fingerprint density at radius 3 is 2.62 bits per heavy atom. The Bertz CT molecular complexity index is 676. The number of hydrogen-bond acceptors (Lipinski definition) is 4. The molecular weight excluding hydrogens is 308 g/mol. The van der Waals surface area contributed by atoms with Crippen LogP contribution >= 0.6 is 0 Å². The first kappa shape index (κ1) is 17.3. The molecule has 0 aliphatic rings. The van der Waals surface area contributed by atoms with Crippen molar-refractivity contribution >= 4 is 17.9 Å². The molecule has 0 bridgehead atoms. The smallest absolute Gasteiger partial charge is 0.244 e. The van der Waals surface area contributed by atoms with Crippen molar-refractivity contribution in [1.29, 1.82) is 0 Å². The van der Waals surface area contributed by atoms with Crippen LogP contribution in [0.4, 0.5) is 0 Å². The van der Waals surface area contributed by atoms with Crippen molar-refractivity contribution in [2.24, 2.45) is 0 Å². The summed E-state index contributed by atoms with van der Waals surface area (Å²) >= 11 is 0. The highest BCUT2D eigenvalue weighted by atomic mass is 16.5. The minimum Gasteiger partial charge on any atom is -0.494 e. The molecule has 0 unspecified atom stereocenters. The lowest BCUT2D eigenvalue weighted by Gasteiger charge is -2.04. The topological polar surface area (TPSA) is 80.6 Å². The van der Waals surface area contributed by atoms with Gasteiger partial charge in [0.25, 0.3) is 0 Å². The Morgan fingerprint density at radius 1 is 1.17 bits per heavy atom. The first-order chi connectivity index (χ1) is 11.7. The number of amides is 2. The van der Waals surface area contributed by atoms with Gasteiger partial charge in [-0.1, -0.05) is 12.1 Å². The van der Waals surface area contributed by atoms with Crippen LogP contribution in [0.1, 0.15) is 18.2 Å². The third-order valence-corrected chi connectivity index (χ3v) is 3.08. The van der Waals surface area contributed by atoms with Crippen LogP contribution in [0.25, 0.3) is 6.08 Å². The van der Waals surface area contributed by atoms with Gasteiger partial charge in [-0.3, -0.25) is 9.59 Å². The normalized spacial score (nSPS) is 10.5. The minimum absolute atomic E-state index is 0.0901. The maximum atomic E-state index is 11.7. The van der Waals surface area contributed by atoms with Gasteiger partial charge in [0, 0.05) is 6.08 Å². The van der Waals surface area contributed by atoms with E-state index in [9.17, 15) is 9.59 Å². The van der Waals surface area contributed by atoms with E-state index < -0.39 is 0 Å². The molecule has 0 atom stereocenters. The second kappa shape index (κ2) is 9.19. The second-order valence-electron chi connectivity index (χ2n) is 4.91. The molecule has 0 aliphatic carbocycles. The zero-order valence-electron chi connectivity index (χ0n) is 13.5. The van der Waals surface area contributed by atoms with Crippen LogP contribution in [0.15, 0.2) is 53.2 Å². The van der Waals surface area contributed by atoms with Crippen molar-refractivity contribution in [3.05, 3.63) is 60.1 Å². The van der Waals surface area contributed by atoms with Gasteiger partial charge in [0.15, 0.2) is 0 Å². The largest absolute Gasteiger partial charge is 0.494 e. The zero-order chi connectivity index (χ0) is 17.2. The third-order valence-electron chi connectivity index (χ3n) is 3.08. The fraction of sp³-hybridized carbons (Fsp3) is 0.222. The molecule has 2 amide bonds. The molecule has 2 aromatic rings. The lowest BCUT2D eigenvalue weighted by molar-refractivity contribution is -0.124. The predicted octanol–water partition coefficient (Wildman–Crippen LogP) is 2.12. The Morgan fingerprint density at radius 2 is 1.96 bits per heavy atom. The molecule has 1 aromatic carbocycles. The summed E-state index contributed by atoms with van der Waals surface area (Å²) in [4.78, 5) is 23.3. The highest BCUT2D eigenvalue weighted by Gasteiger charge is 2.04. The number of furan rings is 1. The predicted molar refractivity (Wildman–Crippen MR) is 90.2 cm³/mol. The van der Waals surface area contributed by atoms with Crippen LogP contribution in [-0.4, -0.2) is 25.0 Å². The number of rotatable bonds is 8. The van der Waals surface area contributed by atoms with Crippen molar-refractivity contribution in [1.82, 2.24) is 10.6 Å². The van der Waals surface area contributed by atoms with E-state index in [0.29, 0.717) is 18.9 Å². The van der Waals surface area contributed by atoms with Crippen LogP contribution in [0, 0.1) is 0 Å². The SMILES string of the molecule is CCOc1ccc(/C=C/C(=O)NCC(=O)NCc2ccco2)cc1. The quantitative estimate of drug-likeness (QED) is 0.728. The summed E-state index contributed by atoms with van der Waals surface area (Å²) in [6.07, 6.45) is 4.59. The van der Waals surface area contributed by atoms with Crippen LogP contribution in [-0.2, 0) is 16.1 Å². The summed E-state index contributed by atoms with van der Waals surface area (Å²) in [5, 5.41) is 5.17. The van der Waals surface area contributed by atoms with E-state index in [0.717, 1.165) is 11.3 Å². The first-order valence-electron chi connectivity index (χ1n) is 7.65. The van der Waals surface area contributed by atoms with E-state index in [1.807, 2.05) is 31.2 Å². The van der Waals surface area contributed by atoms with Gasteiger partial charge in [-0.15, -0.1) is 0 Å². The molecule has 1 heterocycles. The summed E-state index contributed by atoms with van der Waals surface area (Å²) in [7, 11) is 0. The monoisotopic (exact) mass is 328 g/mol. The first-order valence-corrected chi connectivity index (χ1v) is 7.65. The zero-order valence-corrected chi connectivity index (χ0v) is 13.5. The number of carbonyl (C=O) groups is 2. The van der Waals surface area contributed by atoms with Crippen molar-refractivity contribution in [2.45, 2.75) is 13.5 Å². The minimum atomic E-state index is -0.336. The average molecular weight is 328 g/mol. The van der Waals surface area contributed by atoms with Gasteiger partial charge in [-0.2, -0.15) is 0 Å². The molecule has 1 aromatic heterocycles. The van der Waals surface area contributed by atoms with E-state index in [4.69, 9.17) is 9.15 Å². The highest BCUT2D eigenvalue weighted by molar-refractivity contribution is 5.94. The van der Waals surface area contributed by atoms with Gasteiger partial charge < -0.3 is 19.8 Å². The highest BCUT2D eigenvalue weighted by Crippen LogP contribution is 2.12. The van der Waals surface area contributed by atoms with Crippen LogP contribution in [0.5, 0.6) is 5.75 Å². The van der Waals surface area contributed by atoms with Crippen molar-refractivity contribution in [3.8, 4) is 5.75 Å². The molecule has 0 fully saturated rings. The number of nitrogens with one attached hydrogen (secondary N) is 2. The maximum absolute atomic E-state index is 11.7. The molecule has 2 rings (SSSR count). The number of carbonyl (C=O) groups excluding carboxylic acids is 2. The molecule has 0 radical (unpaired) electrons.